The molecule has 3 rings (SSSR count). The third-order valence-electron chi connectivity index (χ3n) is 5.60. The van der Waals surface area contributed by atoms with E-state index in [0.717, 1.165) is 30.6 Å². The molecular formula is C27H36N4O4. The summed E-state index contributed by atoms with van der Waals surface area (Å²) in [4.78, 5) is 39.2. The van der Waals surface area contributed by atoms with Crippen LogP contribution in [-0.2, 0) is 16.1 Å². The number of carbonyl (C=O) groups excluding carboxylic acids is 3. The molecule has 2 aromatic rings. The quantitative estimate of drug-likeness (QED) is 0.499. The molecule has 3 amide bonds. The molecule has 35 heavy (non-hydrogen) atoms. The fourth-order valence-corrected chi connectivity index (χ4v) is 4.02. The Balaban J connectivity index is 1.45. The number of likely N-dealkylation sites (tertiary alicyclic amines) is 1. The van der Waals surface area contributed by atoms with Crippen molar-refractivity contribution in [3.8, 4) is 0 Å². The van der Waals surface area contributed by atoms with Gasteiger partial charge >= 0.3 is 6.09 Å². The van der Waals surface area contributed by atoms with Gasteiger partial charge in [0.2, 0.25) is 5.91 Å². The Morgan fingerprint density at radius 3 is 2.49 bits per heavy atom. The molecule has 1 atom stereocenters. The van der Waals surface area contributed by atoms with Gasteiger partial charge in [0.25, 0.3) is 5.91 Å². The lowest BCUT2D eigenvalue weighted by atomic mass is 9.96. The molecule has 188 valence electrons. The normalized spacial score (nSPS) is 16.3. The topological polar surface area (TPSA) is 99.8 Å². The summed E-state index contributed by atoms with van der Waals surface area (Å²) >= 11 is 0. The Morgan fingerprint density at radius 2 is 1.74 bits per heavy atom. The first kappa shape index (κ1) is 26.2. The number of amides is 3. The Bertz CT molecular complexity index is 1000. The zero-order valence-corrected chi connectivity index (χ0v) is 20.8. The van der Waals surface area contributed by atoms with Crippen molar-refractivity contribution in [1.82, 2.24) is 15.5 Å². The number of rotatable bonds is 8. The highest BCUT2D eigenvalue weighted by Gasteiger charge is 2.26. The molecule has 0 saturated carbocycles. The number of benzene rings is 2. The van der Waals surface area contributed by atoms with Crippen LogP contribution in [0.25, 0.3) is 0 Å². The molecule has 1 aliphatic heterocycles. The van der Waals surface area contributed by atoms with Crippen LogP contribution in [-0.4, -0.2) is 54.6 Å². The van der Waals surface area contributed by atoms with Gasteiger partial charge in [-0.1, -0.05) is 30.3 Å². The van der Waals surface area contributed by atoms with E-state index in [2.05, 4.69) is 20.9 Å². The average Bonchev–Trinajstić information content (AvgIpc) is 2.81. The minimum absolute atomic E-state index is 0.00308. The second-order valence-corrected chi connectivity index (χ2v) is 9.81. The van der Waals surface area contributed by atoms with Crippen molar-refractivity contribution in [2.45, 2.75) is 45.8 Å². The summed E-state index contributed by atoms with van der Waals surface area (Å²) in [6.07, 6.45) is 1.28. The maximum absolute atomic E-state index is 12.7. The zero-order chi connectivity index (χ0) is 25.3. The first-order valence-electron chi connectivity index (χ1n) is 12.1. The Kier molecular flexibility index (Phi) is 9.25. The van der Waals surface area contributed by atoms with E-state index in [1.54, 1.807) is 26.8 Å². The molecule has 0 bridgehead atoms. The largest absolute Gasteiger partial charge is 0.444 e. The number of nitrogens with zero attached hydrogens (tertiary/aromatic N) is 1. The summed E-state index contributed by atoms with van der Waals surface area (Å²) in [5, 5.41) is 8.48. The molecule has 8 nitrogen and oxygen atoms in total. The van der Waals surface area contributed by atoms with Crippen LogP contribution in [0.1, 0.15) is 49.5 Å². The van der Waals surface area contributed by atoms with E-state index in [4.69, 9.17) is 4.74 Å². The monoisotopic (exact) mass is 480 g/mol. The first-order valence-corrected chi connectivity index (χ1v) is 12.1. The molecule has 0 radical (unpaired) electrons. The molecule has 0 aliphatic carbocycles. The van der Waals surface area contributed by atoms with Gasteiger partial charge in [-0.05, 0) is 70.0 Å². The SMILES string of the molecule is CC(C)(C)OC(=O)NCCNC(=O)C1CCCN(Cc2cccc(C(=O)Nc3ccccc3)c2)C1. The minimum Gasteiger partial charge on any atom is -0.444 e. The second kappa shape index (κ2) is 12.4. The molecule has 1 saturated heterocycles. The lowest BCUT2D eigenvalue weighted by Crippen LogP contribution is -2.44. The number of piperidine rings is 1. The molecule has 1 heterocycles. The van der Waals surface area contributed by atoms with E-state index in [9.17, 15) is 14.4 Å². The summed E-state index contributed by atoms with van der Waals surface area (Å²) in [5.74, 6) is -0.250. The fraction of sp³-hybridized carbons (Fsp3) is 0.444. The highest BCUT2D eigenvalue weighted by molar-refractivity contribution is 6.04. The third-order valence-corrected chi connectivity index (χ3v) is 5.60. The van der Waals surface area contributed by atoms with Gasteiger partial charge in [0.1, 0.15) is 5.60 Å². The predicted octanol–water partition coefficient (Wildman–Crippen LogP) is 3.79. The standard InChI is InChI=1S/C27H36N4O4/c1-27(2,3)35-26(34)29-15-14-28-24(32)22-11-8-16-31(19-22)18-20-9-7-10-21(17-20)25(33)30-23-12-5-4-6-13-23/h4-7,9-10,12-13,17,22H,8,11,14-16,18-19H2,1-3H3,(H,28,32)(H,29,34)(H,30,33). The van der Waals surface area contributed by atoms with Crippen LogP contribution in [0.2, 0.25) is 0 Å². The number of hydrogen-bond acceptors (Lipinski definition) is 5. The number of alkyl carbamates (subject to hydrolysis) is 1. The summed E-state index contributed by atoms with van der Waals surface area (Å²) < 4.78 is 5.19. The van der Waals surface area contributed by atoms with Gasteiger partial charge in [-0.15, -0.1) is 0 Å². The van der Waals surface area contributed by atoms with Gasteiger partial charge in [-0.25, -0.2) is 4.79 Å². The molecule has 1 aliphatic rings. The van der Waals surface area contributed by atoms with Gasteiger partial charge in [0.05, 0.1) is 5.92 Å². The number of carbonyl (C=O) groups is 3. The van der Waals surface area contributed by atoms with Crippen molar-refractivity contribution < 1.29 is 19.1 Å². The van der Waals surface area contributed by atoms with Crippen molar-refractivity contribution in [1.29, 1.82) is 0 Å². The molecule has 0 aromatic heterocycles. The number of ether oxygens (including phenoxy) is 1. The van der Waals surface area contributed by atoms with E-state index in [1.165, 1.54) is 0 Å². The van der Waals surface area contributed by atoms with E-state index >= 15 is 0 Å². The molecular weight excluding hydrogens is 444 g/mol. The third kappa shape index (κ3) is 9.05. The Labute approximate surface area is 207 Å². The van der Waals surface area contributed by atoms with Crippen molar-refractivity contribution in [3.05, 3.63) is 65.7 Å². The maximum Gasteiger partial charge on any atom is 0.407 e. The van der Waals surface area contributed by atoms with Crippen LogP contribution >= 0.6 is 0 Å². The van der Waals surface area contributed by atoms with E-state index in [1.807, 2.05) is 48.5 Å². The van der Waals surface area contributed by atoms with E-state index in [0.29, 0.717) is 31.7 Å². The van der Waals surface area contributed by atoms with Crippen molar-refractivity contribution in [2.24, 2.45) is 5.92 Å². The van der Waals surface area contributed by atoms with Crippen LogP contribution in [0.15, 0.2) is 54.6 Å². The Hall–Kier alpha value is -3.39. The van der Waals surface area contributed by atoms with Gasteiger partial charge in [0, 0.05) is 37.4 Å². The summed E-state index contributed by atoms with van der Waals surface area (Å²) in [5.41, 5.74) is 1.85. The van der Waals surface area contributed by atoms with Gasteiger partial charge in [0.15, 0.2) is 0 Å². The predicted molar refractivity (Wildman–Crippen MR) is 136 cm³/mol. The fourth-order valence-electron chi connectivity index (χ4n) is 4.02. The van der Waals surface area contributed by atoms with Crippen LogP contribution < -0.4 is 16.0 Å². The molecule has 1 fully saturated rings. The molecule has 0 spiro atoms. The van der Waals surface area contributed by atoms with Gasteiger partial charge < -0.3 is 20.7 Å². The van der Waals surface area contributed by atoms with E-state index in [-0.39, 0.29) is 17.7 Å². The molecule has 8 heteroatoms. The van der Waals surface area contributed by atoms with Crippen LogP contribution in [0.3, 0.4) is 0 Å². The van der Waals surface area contributed by atoms with Crippen LogP contribution in [0.5, 0.6) is 0 Å². The number of nitrogens with one attached hydrogen (secondary N) is 3. The lowest BCUT2D eigenvalue weighted by Gasteiger charge is -2.32. The number of para-hydroxylation sites is 1. The first-order chi connectivity index (χ1) is 16.7. The van der Waals surface area contributed by atoms with Crippen molar-refractivity contribution in [3.63, 3.8) is 0 Å². The smallest absolute Gasteiger partial charge is 0.407 e. The lowest BCUT2D eigenvalue weighted by molar-refractivity contribution is -0.126. The average molecular weight is 481 g/mol. The highest BCUT2D eigenvalue weighted by atomic mass is 16.6. The van der Waals surface area contributed by atoms with Crippen LogP contribution in [0, 0.1) is 5.92 Å². The molecule has 1 unspecified atom stereocenters. The van der Waals surface area contributed by atoms with Gasteiger partial charge in [-0.3, -0.25) is 14.5 Å². The number of hydrogen-bond donors (Lipinski definition) is 3. The summed E-state index contributed by atoms with van der Waals surface area (Å²) in [6.45, 7) is 8.32. The van der Waals surface area contributed by atoms with Crippen molar-refractivity contribution >= 4 is 23.6 Å². The molecule has 2 aromatic carbocycles. The zero-order valence-electron chi connectivity index (χ0n) is 20.8. The molecule has 3 N–H and O–H groups in total. The number of anilines is 1. The summed E-state index contributed by atoms with van der Waals surface area (Å²) in [6, 6.07) is 17.0. The minimum atomic E-state index is -0.551. The van der Waals surface area contributed by atoms with E-state index < -0.39 is 11.7 Å². The Morgan fingerprint density at radius 1 is 1.00 bits per heavy atom. The second-order valence-electron chi connectivity index (χ2n) is 9.81. The van der Waals surface area contributed by atoms with Crippen molar-refractivity contribution in [2.75, 3.05) is 31.5 Å². The summed E-state index contributed by atoms with van der Waals surface area (Å²) in [7, 11) is 0. The van der Waals surface area contributed by atoms with Gasteiger partial charge in [-0.2, -0.15) is 0 Å². The van der Waals surface area contributed by atoms with Crippen LogP contribution in [0.4, 0.5) is 10.5 Å². The maximum atomic E-state index is 12.7. The highest BCUT2D eigenvalue weighted by Crippen LogP contribution is 2.20.